The SMILES string of the molecule is CCCNCc1ccc(N2CCCC3CCCC32)c(C)c1. The molecule has 2 nitrogen and oxygen atoms in total. The molecule has 1 heterocycles. The minimum atomic E-state index is 0.821. The molecule has 2 heteroatoms. The van der Waals surface area contributed by atoms with Crippen molar-refractivity contribution in [2.75, 3.05) is 18.0 Å². The van der Waals surface area contributed by atoms with E-state index >= 15 is 0 Å². The largest absolute Gasteiger partial charge is 0.368 e. The zero-order valence-corrected chi connectivity index (χ0v) is 13.7. The molecular formula is C19H30N2. The first-order chi connectivity index (χ1) is 10.3. The quantitative estimate of drug-likeness (QED) is 0.813. The molecule has 0 aromatic heterocycles. The Bertz CT molecular complexity index is 469. The molecule has 1 saturated heterocycles. The number of benzene rings is 1. The fourth-order valence-corrected chi connectivity index (χ4v) is 4.31. The van der Waals surface area contributed by atoms with Crippen LogP contribution in [0.15, 0.2) is 18.2 Å². The molecule has 0 radical (unpaired) electrons. The second kappa shape index (κ2) is 6.83. The van der Waals surface area contributed by atoms with Gasteiger partial charge in [-0.25, -0.2) is 0 Å². The summed E-state index contributed by atoms with van der Waals surface area (Å²) in [5.74, 6) is 0.962. The highest BCUT2D eigenvalue weighted by atomic mass is 15.2. The highest BCUT2D eigenvalue weighted by Crippen LogP contribution is 2.40. The van der Waals surface area contributed by atoms with Gasteiger partial charge in [-0.15, -0.1) is 0 Å². The number of hydrogen-bond donors (Lipinski definition) is 1. The summed E-state index contributed by atoms with van der Waals surface area (Å²) in [6.07, 6.45) is 8.33. The van der Waals surface area contributed by atoms with Crippen molar-refractivity contribution in [3.63, 3.8) is 0 Å². The van der Waals surface area contributed by atoms with Crippen LogP contribution in [0, 0.1) is 12.8 Å². The van der Waals surface area contributed by atoms with Gasteiger partial charge < -0.3 is 10.2 Å². The molecule has 0 amide bonds. The molecule has 1 aromatic carbocycles. The van der Waals surface area contributed by atoms with Gasteiger partial charge in [-0.1, -0.05) is 25.5 Å². The molecule has 0 spiro atoms. The van der Waals surface area contributed by atoms with E-state index in [4.69, 9.17) is 0 Å². The average Bonchev–Trinajstić information content (AvgIpc) is 2.96. The molecule has 1 aliphatic carbocycles. The molecule has 1 aliphatic heterocycles. The van der Waals surface area contributed by atoms with Crippen LogP contribution in [0.3, 0.4) is 0 Å². The number of aryl methyl sites for hydroxylation is 1. The normalized spacial score (nSPS) is 25.1. The average molecular weight is 286 g/mol. The lowest BCUT2D eigenvalue weighted by Crippen LogP contribution is -2.43. The maximum atomic E-state index is 3.50. The summed E-state index contributed by atoms with van der Waals surface area (Å²) in [6.45, 7) is 7.88. The zero-order chi connectivity index (χ0) is 14.7. The molecule has 21 heavy (non-hydrogen) atoms. The van der Waals surface area contributed by atoms with Crippen LogP contribution in [0.25, 0.3) is 0 Å². The number of rotatable bonds is 5. The first-order valence-corrected chi connectivity index (χ1v) is 8.86. The van der Waals surface area contributed by atoms with Crippen molar-refractivity contribution in [2.24, 2.45) is 5.92 Å². The van der Waals surface area contributed by atoms with E-state index in [1.54, 1.807) is 0 Å². The Morgan fingerprint density at radius 2 is 2.05 bits per heavy atom. The summed E-state index contributed by atoms with van der Waals surface area (Å²) in [5, 5.41) is 3.50. The summed E-state index contributed by atoms with van der Waals surface area (Å²) >= 11 is 0. The van der Waals surface area contributed by atoms with Gasteiger partial charge in [0.05, 0.1) is 0 Å². The van der Waals surface area contributed by atoms with Gasteiger partial charge in [-0.3, -0.25) is 0 Å². The molecule has 1 saturated carbocycles. The van der Waals surface area contributed by atoms with E-state index in [-0.39, 0.29) is 0 Å². The molecule has 2 unspecified atom stereocenters. The lowest BCUT2D eigenvalue weighted by atomic mass is 9.91. The Hall–Kier alpha value is -1.02. The molecule has 1 aromatic rings. The predicted octanol–water partition coefficient (Wildman–Crippen LogP) is 4.26. The van der Waals surface area contributed by atoms with Gasteiger partial charge in [0.25, 0.3) is 0 Å². The Morgan fingerprint density at radius 1 is 1.19 bits per heavy atom. The molecular weight excluding hydrogens is 256 g/mol. The third kappa shape index (κ3) is 3.26. The molecule has 3 rings (SSSR count). The Balaban J connectivity index is 1.72. The number of fused-ring (bicyclic) bond motifs is 1. The van der Waals surface area contributed by atoms with E-state index in [2.05, 4.69) is 42.3 Å². The summed E-state index contributed by atoms with van der Waals surface area (Å²) in [6, 6.07) is 7.90. The number of piperidine rings is 1. The predicted molar refractivity (Wildman–Crippen MR) is 90.9 cm³/mol. The second-order valence-corrected chi connectivity index (χ2v) is 6.89. The molecule has 1 N–H and O–H groups in total. The first kappa shape index (κ1) is 14.9. The van der Waals surface area contributed by atoms with Crippen molar-refractivity contribution < 1.29 is 0 Å². The van der Waals surface area contributed by atoms with E-state index in [1.807, 2.05) is 0 Å². The summed E-state index contributed by atoms with van der Waals surface area (Å²) in [5.41, 5.74) is 4.37. The van der Waals surface area contributed by atoms with Crippen molar-refractivity contribution in [1.82, 2.24) is 5.32 Å². The summed E-state index contributed by atoms with van der Waals surface area (Å²) < 4.78 is 0. The van der Waals surface area contributed by atoms with Gasteiger partial charge in [0.15, 0.2) is 0 Å². The Labute approximate surface area is 129 Å². The number of hydrogen-bond acceptors (Lipinski definition) is 2. The molecule has 116 valence electrons. The number of nitrogens with one attached hydrogen (secondary N) is 1. The van der Waals surface area contributed by atoms with Crippen LogP contribution in [-0.4, -0.2) is 19.1 Å². The van der Waals surface area contributed by atoms with Crippen LogP contribution in [0.2, 0.25) is 0 Å². The third-order valence-electron chi connectivity index (χ3n) is 5.32. The van der Waals surface area contributed by atoms with Crippen molar-refractivity contribution in [3.05, 3.63) is 29.3 Å². The van der Waals surface area contributed by atoms with Gasteiger partial charge in [0, 0.05) is 24.8 Å². The zero-order valence-electron chi connectivity index (χ0n) is 13.7. The van der Waals surface area contributed by atoms with E-state index in [0.717, 1.165) is 25.0 Å². The monoisotopic (exact) mass is 286 g/mol. The topological polar surface area (TPSA) is 15.3 Å². The van der Waals surface area contributed by atoms with Gasteiger partial charge >= 0.3 is 0 Å². The van der Waals surface area contributed by atoms with Crippen LogP contribution < -0.4 is 10.2 Å². The Morgan fingerprint density at radius 3 is 2.86 bits per heavy atom. The van der Waals surface area contributed by atoms with Crippen molar-refractivity contribution >= 4 is 5.69 Å². The van der Waals surface area contributed by atoms with Crippen molar-refractivity contribution in [1.29, 1.82) is 0 Å². The minimum Gasteiger partial charge on any atom is -0.368 e. The maximum Gasteiger partial charge on any atom is 0.0398 e. The number of anilines is 1. The highest BCUT2D eigenvalue weighted by molar-refractivity contribution is 5.56. The standard InChI is InChI=1S/C19H30N2/c1-3-11-20-14-16-9-10-18(15(2)13-16)21-12-5-7-17-6-4-8-19(17)21/h9-10,13,17,19-20H,3-8,11-12,14H2,1-2H3. The van der Waals surface area contributed by atoms with Crippen LogP contribution in [0.5, 0.6) is 0 Å². The van der Waals surface area contributed by atoms with E-state index < -0.39 is 0 Å². The highest BCUT2D eigenvalue weighted by Gasteiger charge is 2.35. The fourth-order valence-electron chi connectivity index (χ4n) is 4.31. The molecule has 2 aliphatic rings. The van der Waals surface area contributed by atoms with Crippen LogP contribution in [-0.2, 0) is 6.54 Å². The van der Waals surface area contributed by atoms with E-state index in [9.17, 15) is 0 Å². The maximum absolute atomic E-state index is 3.50. The molecule has 2 atom stereocenters. The molecule has 0 bridgehead atoms. The second-order valence-electron chi connectivity index (χ2n) is 6.89. The lowest BCUT2D eigenvalue weighted by Gasteiger charge is -2.40. The lowest BCUT2D eigenvalue weighted by molar-refractivity contribution is 0.362. The van der Waals surface area contributed by atoms with Gasteiger partial charge in [0.1, 0.15) is 0 Å². The summed E-state index contributed by atoms with van der Waals surface area (Å²) in [7, 11) is 0. The van der Waals surface area contributed by atoms with Crippen LogP contribution in [0.4, 0.5) is 5.69 Å². The van der Waals surface area contributed by atoms with Gasteiger partial charge in [-0.05, 0) is 68.7 Å². The molecule has 2 fully saturated rings. The van der Waals surface area contributed by atoms with Gasteiger partial charge in [-0.2, -0.15) is 0 Å². The van der Waals surface area contributed by atoms with E-state index in [1.165, 1.54) is 61.9 Å². The van der Waals surface area contributed by atoms with Crippen molar-refractivity contribution in [2.45, 2.75) is 65.0 Å². The third-order valence-corrected chi connectivity index (χ3v) is 5.32. The number of nitrogens with zero attached hydrogens (tertiary/aromatic N) is 1. The van der Waals surface area contributed by atoms with Crippen LogP contribution >= 0.6 is 0 Å². The first-order valence-electron chi connectivity index (χ1n) is 8.86. The van der Waals surface area contributed by atoms with Crippen molar-refractivity contribution in [3.8, 4) is 0 Å². The summed E-state index contributed by atoms with van der Waals surface area (Å²) in [4.78, 5) is 2.72. The fraction of sp³-hybridized carbons (Fsp3) is 0.684. The van der Waals surface area contributed by atoms with E-state index in [0.29, 0.717) is 0 Å². The minimum absolute atomic E-state index is 0.821. The van der Waals surface area contributed by atoms with Gasteiger partial charge in [0.2, 0.25) is 0 Å². The smallest absolute Gasteiger partial charge is 0.0398 e. The van der Waals surface area contributed by atoms with Crippen LogP contribution in [0.1, 0.15) is 56.6 Å². The Kier molecular flexibility index (Phi) is 4.84.